The third-order valence-corrected chi connectivity index (χ3v) is 7.65. The van der Waals surface area contributed by atoms with Crippen molar-refractivity contribution in [2.45, 2.75) is 44.9 Å². The molecule has 25 heavy (non-hydrogen) atoms. The molecule has 8 atom stereocenters. The molecule has 2 N–H and O–H groups in total. The molecule has 0 aromatic heterocycles. The third kappa shape index (κ3) is 3.28. The van der Waals surface area contributed by atoms with Crippen molar-refractivity contribution < 1.29 is 19.8 Å². The zero-order chi connectivity index (χ0) is 18.1. The average molecular weight is 346 g/mol. The highest BCUT2D eigenvalue weighted by molar-refractivity contribution is 5.79. The van der Waals surface area contributed by atoms with E-state index in [1.54, 1.807) is 44.9 Å². The summed E-state index contributed by atoms with van der Waals surface area (Å²) in [6, 6.07) is 0. The smallest absolute Gasteiger partial charge is 0.327 e. The van der Waals surface area contributed by atoms with Crippen molar-refractivity contribution in [1.82, 2.24) is 0 Å². The van der Waals surface area contributed by atoms with Gasteiger partial charge in [0.25, 0.3) is 0 Å². The third-order valence-electron chi connectivity index (χ3n) is 7.65. The van der Waals surface area contributed by atoms with E-state index in [9.17, 15) is 9.59 Å². The minimum Gasteiger partial charge on any atom is -0.478 e. The fourth-order valence-electron chi connectivity index (χ4n) is 7.28. The van der Waals surface area contributed by atoms with Gasteiger partial charge in [0.2, 0.25) is 0 Å². The molecule has 0 aromatic carbocycles. The second-order valence-corrected chi connectivity index (χ2v) is 8.39. The van der Waals surface area contributed by atoms with E-state index in [2.05, 4.69) is 13.2 Å². The van der Waals surface area contributed by atoms with Gasteiger partial charge in [-0.2, -0.15) is 0 Å². The summed E-state index contributed by atoms with van der Waals surface area (Å²) >= 11 is 0. The highest BCUT2D eigenvalue weighted by Crippen LogP contribution is 2.72. The zero-order valence-corrected chi connectivity index (χ0v) is 14.8. The van der Waals surface area contributed by atoms with E-state index in [1.807, 2.05) is 0 Å². The lowest BCUT2D eigenvalue weighted by molar-refractivity contribution is -0.132. The fourth-order valence-corrected chi connectivity index (χ4v) is 7.28. The Bertz CT molecular complexity index is 508. The minimum atomic E-state index is -0.981. The highest BCUT2D eigenvalue weighted by atomic mass is 16.4. The average Bonchev–Trinajstić information content (AvgIpc) is 3.38. The summed E-state index contributed by atoms with van der Waals surface area (Å²) < 4.78 is 0. The lowest BCUT2D eigenvalue weighted by Crippen LogP contribution is -2.35. The molecule has 5 aliphatic carbocycles. The van der Waals surface area contributed by atoms with Crippen molar-refractivity contribution in [3.8, 4) is 0 Å². The van der Waals surface area contributed by atoms with Crippen LogP contribution in [0.1, 0.15) is 44.9 Å². The molecule has 4 bridgehead atoms. The summed E-state index contributed by atoms with van der Waals surface area (Å²) in [5, 5.41) is 15.2. The normalized spacial score (nSPS) is 43.8. The number of hydrogen-bond acceptors (Lipinski definition) is 2. The van der Waals surface area contributed by atoms with E-state index in [4.69, 9.17) is 10.2 Å². The van der Waals surface area contributed by atoms with Gasteiger partial charge in [-0.15, -0.1) is 0 Å². The van der Waals surface area contributed by atoms with E-state index in [-0.39, 0.29) is 0 Å². The Labute approximate surface area is 150 Å². The van der Waals surface area contributed by atoms with Gasteiger partial charge in [0.15, 0.2) is 0 Å². The van der Waals surface area contributed by atoms with Crippen LogP contribution in [-0.4, -0.2) is 22.2 Å². The number of fused-ring (bicyclic) bond motifs is 12. The van der Waals surface area contributed by atoms with E-state index in [1.165, 1.54) is 47.3 Å². The molecule has 5 aliphatic rings. The maximum Gasteiger partial charge on any atom is 0.327 e. The lowest BCUT2D eigenvalue weighted by atomic mass is 9.64. The molecule has 0 amide bonds. The molecule has 0 aromatic rings. The molecule has 0 radical (unpaired) electrons. The lowest BCUT2D eigenvalue weighted by Gasteiger charge is -2.40. The van der Waals surface area contributed by atoms with Crippen LogP contribution >= 0.6 is 0 Å². The van der Waals surface area contributed by atoms with Gasteiger partial charge in [-0.1, -0.05) is 19.6 Å². The molecular formula is C21H30O4. The number of hydrogen-bond donors (Lipinski definition) is 2. The molecule has 0 saturated heterocycles. The van der Waals surface area contributed by atoms with Crippen LogP contribution in [0.5, 0.6) is 0 Å². The SMILES string of the molecule is C1CC2C(C1)C1CC2C2C3CCC(C3)C12.C=CC(=O)O.C=CC(=O)O. The van der Waals surface area contributed by atoms with Crippen LogP contribution in [-0.2, 0) is 9.59 Å². The van der Waals surface area contributed by atoms with Crippen LogP contribution in [0.3, 0.4) is 0 Å². The number of rotatable bonds is 2. The molecule has 4 heteroatoms. The first-order valence-corrected chi connectivity index (χ1v) is 9.68. The number of carbonyl (C=O) groups is 2. The Morgan fingerprint density at radius 3 is 1.48 bits per heavy atom. The van der Waals surface area contributed by atoms with E-state index in [0.29, 0.717) is 0 Å². The van der Waals surface area contributed by atoms with Gasteiger partial charge in [-0.05, 0) is 85.9 Å². The Morgan fingerprint density at radius 2 is 1.12 bits per heavy atom. The fraction of sp³-hybridized carbons (Fsp3) is 0.714. The quantitative estimate of drug-likeness (QED) is 0.579. The summed E-state index contributed by atoms with van der Waals surface area (Å²) in [5.74, 6) is 7.82. The standard InChI is InChI=1S/C15H22.2C3H4O2/c1-2-10-11(3-1)13-7-12(10)14-8-4-5-9(6-8)15(13)14;2*1-2-3(4)5/h8-15H,1-7H2;2*2H,1H2,(H,4,5). The Morgan fingerprint density at radius 1 is 0.720 bits per heavy atom. The van der Waals surface area contributed by atoms with Crippen molar-refractivity contribution in [1.29, 1.82) is 0 Å². The Kier molecular flexibility index (Phi) is 5.35. The largest absolute Gasteiger partial charge is 0.478 e. The van der Waals surface area contributed by atoms with Crippen molar-refractivity contribution in [2.24, 2.45) is 47.3 Å². The Hall–Kier alpha value is -1.58. The van der Waals surface area contributed by atoms with E-state index < -0.39 is 11.9 Å². The van der Waals surface area contributed by atoms with Crippen LogP contribution in [0.4, 0.5) is 0 Å². The van der Waals surface area contributed by atoms with E-state index in [0.717, 1.165) is 12.2 Å². The molecule has 5 fully saturated rings. The topological polar surface area (TPSA) is 74.6 Å². The first-order valence-electron chi connectivity index (χ1n) is 9.68. The number of aliphatic carboxylic acids is 2. The van der Waals surface area contributed by atoms with Crippen LogP contribution in [0.25, 0.3) is 0 Å². The molecule has 0 heterocycles. The van der Waals surface area contributed by atoms with Gasteiger partial charge >= 0.3 is 11.9 Å². The maximum atomic E-state index is 9.25. The number of carboxylic acid groups (broad SMARTS) is 2. The van der Waals surface area contributed by atoms with Gasteiger partial charge in [-0.25, -0.2) is 9.59 Å². The molecular weight excluding hydrogens is 316 g/mol. The predicted octanol–water partition coefficient (Wildman–Crippen LogP) is 4.23. The van der Waals surface area contributed by atoms with Gasteiger partial charge < -0.3 is 10.2 Å². The first kappa shape index (κ1) is 18.2. The summed E-state index contributed by atoms with van der Waals surface area (Å²) in [4.78, 5) is 18.5. The molecule has 5 rings (SSSR count). The highest BCUT2D eigenvalue weighted by Gasteiger charge is 2.65. The van der Waals surface area contributed by atoms with Crippen molar-refractivity contribution in [3.05, 3.63) is 25.3 Å². The monoisotopic (exact) mass is 346 g/mol. The van der Waals surface area contributed by atoms with Crippen LogP contribution in [0, 0.1) is 47.3 Å². The molecule has 5 saturated carbocycles. The van der Waals surface area contributed by atoms with Crippen LogP contribution in [0.2, 0.25) is 0 Å². The van der Waals surface area contributed by atoms with Crippen LogP contribution in [0.15, 0.2) is 25.3 Å². The molecule has 138 valence electrons. The number of carboxylic acids is 2. The summed E-state index contributed by atoms with van der Waals surface area (Å²) in [6.45, 7) is 5.92. The van der Waals surface area contributed by atoms with Gasteiger partial charge in [0.1, 0.15) is 0 Å². The van der Waals surface area contributed by atoms with Gasteiger partial charge in [0.05, 0.1) is 0 Å². The van der Waals surface area contributed by atoms with Crippen molar-refractivity contribution in [2.75, 3.05) is 0 Å². The minimum absolute atomic E-state index is 0.833. The van der Waals surface area contributed by atoms with Crippen molar-refractivity contribution >= 4 is 11.9 Å². The first-order chi connectivity index (χ1) is 12.0. The predicted molar refractivity (Wildman–Crippen MR) is 95.9 cm³/mol. The second kappa shape index (κ2) is 7.35. The van der Waals surface area contributed by atoms with Crippen LogP contribution < -0.4 is 0 Å². The zero-order valence-electron chi connectivity index (χ0n) is 14.8. The van der Waals surface area contributed by atoms with Crippen molar-refractivity contribution in [3.63, 3.8) is 0 Å². The Balaban J connectivity index is 0.000000155. The van der Waals surface area contributed by atoms with Gasteiger partial charge in [0, 0.05) is 12.2 Å². The van der Waals surface area contributed by atoms with E-state index >= 15 is 0 Å². The van der Waals surface area contributed by atoms with Gasteiger partial charge in [-0.3, -0.25) is 0 Å². The summed E-state index contributed by atoms with van der Waals surface area (Å²) in [6.07, 6.45) is 13.0. The second-order valence-electron chi connectivity index (χ2n) is 8.39. The maximum absolute atomic E-state index is 9.25. The summed E-state index contributed by atoms with van der Waals surface area (Å²) in [5.41, 5.74) is 0. The molecule has 0 aliphatic heterocycles. The summed E-state index contributed by atoms with van der Waals surface area (Å²) in [7, 11) is 0. The molecule has 0 spiro atoms. The molecule has 8 unspecified atom stereocenters. The molecule has 4 nitrogen and oxygen atoms in total.